The van der Waals surface area contributed by atoms with Crippen molar-refractivity contribution in [3.05, 3.63) is 0 Å². The molecular formula is C14H30N2O3. The fourth-order valence-electron chi connectivity index (χ4n) is 1.46. The highest BCUT2D eigenvalue weighted by atomic mass is 16.5. The molecule has 5 nitrogen and oxygen atoms in total. The third kappa shape index (κ3) is 12.1. The molecule has 5 heteroatoms. The topological polar surface area (TPSA) is 59.6 Å². The van der Waals surface area contributed by atoms with Gasteiger partial charge in [0, 0.05) is 19.3 Å². The summed E-state index contributed by atoms with van der Waals surface area (Å²) in [5.41, 5.74) is -0.178. The summed E-state index contributed by atoms with van der Waals surface area (Å²) in [5.74, 6) is 0.0452. The second-order valence-electron chi connectivity index (χ2n) is 5.73. The molecule has 0 heterocycles. The van der Waals surface area contributed by atoms with E-state index in [-0.39, 0.29) is 17.5 Å². The van der Waals surface area contributed by atoms with E-state index in [0.717, 1.165) is 26.0 Å². The predicted molar refractivity (Wildman–Crippen MR) is 77.3 cm³/mol. The van der Waals surface area contributed by atoms with Gasteiger partial charge in [-0.2, -0.15) is 0 Å². The van der Waals surface area contributed by atoms with Crippen molar-refractivity contribution >= 4 is 5.91 Å². The predicted octanol–water partition coefficient (Wildman–Crippen LogP) is 1.32. The van der Waals surface area contributed by atoms with Gasteiger partial charge in [-0.3, -0.25) is 4.79 Å². The molecule has 1 amide bonds. The number of ether oxygens (including phenoxy) is 2. The van der Waals surface area contributed by atoms with Crippen LogP contribution in [-0.2, 0) is 14.3 Å². The van der Waals surface area contributed by atoms with Crippen molar-refractivity contribution in [3.63, 3.8) is 0 Å². The minimum atomic E-state index is -0.178. The van der Waals surface area contributed by atoms with E-state index >= 15 is 0 Å². The Morgan fingerprint density at radius 1 is 1.16 bits per heavy atom. The third-order valence-electron chi connectivity index (χ3n) is 2.49. The highest BCUT2D eigenvalue weighted by Crippen LogP contribution is 1.99. The van der Waals surface area contributed by atoms with Gasteiger partial charge < -0.3 is 20.1 Å². The maximum Gasteiger partial charge on any atom is 0.237 e. The summed E-state index contributed by atoms with van der Waals surface area (Å²) in [6, 6.07) is -0.159. The first-order valence-electron chi connectivity index (χ1n) is 6.99. The Balaban J connectivity index is 3.48. The maximum absolute atomic E-state index is 11.8. The molecule has 0 aromatic heterocycles. The Bertz CT molecular complexity index is 239. The van der Waals surface area contributed by atoms with Crippen LogP contribution in [0.25, 0.3) is 0 Å². The zero-order valence-electron chi connectivity index (χ0n) is 13.0. The molecular weight excluding hydrogens is 244 g/mol. The van der Waals surface area contributed by atoms with E-state index in [1.54, 1.807) is 7.11 Å². The zero-order chi connectivity index (χ0) is 14.7. The molecule has 0 fully saturated rings. The second-order valence-corrected chi connectivity index (χ2v) is 5.73. The Morgan fingerprint density at radius 3 is 2.42 bits per heavy atom. The first kappa shape index (κ1) is 18.4. The van der Waals surface area contributed by atoms with Crippen LogP contribution in [0.3, 0.4) is 0 Å². The lowest BCUT2D eigenvalue weighted by Crippen LogP contribution is -2.49. The van der Waals surface area contributed by atoms with Gasteiger partial charge in [0.1, 0.15) is 0 Å². The minimum absolute atomic E-state index is 0.0452. The average molecular weight is 274 g/mol. The molecule has 0 aromatic rings. The van der Waals surface area contributed by atoms with Crippen LogP contribution in [-0.4, -0.2) is 51.0 Å². The molecule has 0 aliphatic rings. The van der Waals surface area contributed by atoms with E-state index in [0.29, 0.717) is 13.2 Å². The van der Waals surface area contributed by atoms with Gasteiger partial charge in [-0.25, -0.2) is 0 Å². The fourth-order valence-corrected chi connectivity index (χ4v) is 1.46. The average Bonchev–Trinajstić information content (AvgIpc) is 2.30. The number of amides is 1. The first-order valence-corrected chi connectivity index (χ1v) is 6.99. The van der Waals surface area contributed by atoms with Crippen LogP contribution in [0.1, 0.15) is 40.5 Å². The number of hydrogen-bond acceptors (Lipinski definition) is 4. The Kier molecular flexibility index (Phi) is 9.83. The molecule has 1 unspecified atom stereocenters. The van der Waals surface area contributed by atoms with E-state index in [1.165, 1.54) is 0 Å². The molecule has 0 saturated heterocycles. The molecule has 19 heavy (non-hydrogen) atoms. The van der Waals surface area contributed by atoms with Crippen LogP contribution < -0.4 is 10.6 Å². The lowest BCUT2D eigenvalue weighted by atomic mass is 10.1. The normalized spacial score (nSPS) is 13.3. The summed E-state index contributed by atoms with van der Waals surface area (Å²) >= 11 is 0. The molecule has 0 aliphatic heterocycles. The second kappa shape index (κ2) is 10.2. The van der Waals surface area contributed by atoms with Crippen molar-refractivity contribution in [2.45, 2.75) is 52.1 Å². The number of hydrogen-bond donors (Lipinski definition) is 2. The summed E-state index contributed by atoms with van der Waals surface area (Å²) in [6.07, 6.45) is 1.99. The number of carbonyl (C=O) groups excluding carboxylic acids is 1. The molecule has 1 atom stereocenters. The lowest BCUT2D eigenvalue weighted by Gasteiger charge is -2.23. The van der Waals surface area contributed by atoms with Crippen LogP contribution in [0.4, 0.5) is 0 Å². The van der Waals surface area contributed by atoms with Crippen molar-refractivity contribution in [1.82, 2.24) is 10.6 Å². The van der Waals surface area contributed by atoms with Gasteiger partial charge in [0.25, 0.3) is 0 Å². The zero-order valence-corrected chi connectivity index (χ0v) is 13.0. The molecule has 0 bridgehead atoms. The van der Waals surface area contributed by atoms with Crippen LogP contribution >= 0.6 is 0 Å². The molecule has 0 radical (unpaired) electrons. The maximum atomic E-state index is 11.8. The SMILES string of the molecule is COCCOCCCCNC(C)C(=O)NC(C)(C)C. The van der Waals surface area contributed by atoms with Gasteiger partial charge in [-0.05, 0) is 47.1 Å². The lowest BCUT2D eigenvalue weighted by molar-refractivity contribution is -0.124. The largest absolute Gasteiger partial charge is 0.382 e. The highest BCUT2D eigenvalue weighted by Gasteiger charge is 2.18. The molecule has 0 aliphatic carbocycles. The van der Waals surface area contributed by atoms with E-state index in [2.05, 4.69) is 10.6 Å². The van der Waals surface area contributed by atoms with Crippen molar-refractivity contribution < 1.29 is 14.3 Å². The Labute approximate surface area is 117 Å². The molecule has 0 spiro atoms. The monoisotopic (exact) mass is 274 g/mol. The quantitative estimate of drug-likeness (QED) is 0.590. The first-order chi connectivity index (χ1) is 8.87. The van der Waals surface area contributed by atoms with E-state index in [1.807, 2.05) is 27.7 Å². The van der Waals surface area contributed by atoms with Gasteiger partial charge in [0.05, 0.1) is 19.3 Å². The molecule has 114 valence electrons. The van der Waals surface area contributed by atoms with Gasteiger partial charge >= 0.3 is 0 Å². The molecule has 0 saturated carbocycles. The number of nitrogens with one attached hydrogen (secondary N) is 2. The summed E-state index contributed by atoms with van der Waals surface area (Å²) in [4.78, 5) is 11.8. The summed E-state index contributed by atoms with van der Waals surface area (Å²) in [5, 5.41) is 6.17. The highest BCUT2D eigenvalue weighted by molar-refractivity contribution is 5.81. The summed E-state index contributed by atoms with van der Waals surface area (Å²) in [6.45, 7) is 10.7. The summed E-state index contributed by atoms with van der Waals surface area (Å²) < 4.78 is 10.2. The van der Waals surface area contributed by atoms with Gasteiger partial charge in [0.15, 0.2) is 0 Å². The summed E-state index contributed by atoms with van der Waals surface area (Å²) in [7, 11) is 1.66. The van der Waals surface area contributed by atoms with Crippen LogP contribution in [0, 0.1) is 0 Å². The minimum Gasteiger partial charge on any atom is -0.382 e. The van der Waals surface area contributed by atoms with Crippen LogP contribution in [0.5, 0.6) is 0 Å². The van der Waals surface area contributed by atoms with Gasteiger partial charge in [0.2, 0.25) is 5.91 Å². The molecule has 0 rings (SSSR count). The Morgan fingerprint density at radius 2 is 1.84 bits per heavy atom. The molecule has 0 aromatic carbocycles. The van der Waals surface area contributed by atoms with Crippen molar-refractivity contribution in [2.24, 2.45) is 0 Å². The number of unbranched alkanes of at least 4 members (excludes halogenated alkanes) is 1. The van der Waals surface area contributed by atoms with Gasteiger partial charge in [-0.1, -0.05) is 0 Å². The van der Waals surface area contributed by atoms with Crippen molar-refractivity contribution in [2.75, 3.05) is 33.5 Å². The van der Waals surface area contributed by atoms with E-state index in [4.69, 9.17) is 9.47 Å². The smallest absolute Gasteiger partial charge is 0.237 e. The standard InChI is InChI=1S/C14H30N2O3/c1-12(13(17)16-14(2,3)4)15-8-6-7-9-19-11-10-18-5/h12,15H,6-11H2,1-5H3,(H,16,17). The number of carbonyl (C=O) groups is 1. The van der Waals surface area contributed by atoms with E-state index < -0.39 is 0 Å². The fraction of sp³-hybridized carbons (Fsp3) is 0.929. The number of methoxy groups -OCH3 is 1. The number of rotatable bonds is 10. The van der Waals surface area contributed by atoms with Gasteiger partial charge in [-0.15, -0.1) is 0 Å². The molecule has 2 N–H and O–H groups in total. The van der Waals surface area contributed by atoms with Crippen molar-refractivity contribution in [3.8, 4) is 0 Å². The van der Waals surface area contributed by atoms with Crippen LogP contribution in [0.15, 0.2) is 0 Å². The van der Waals surface area contributed by atoms with E-state index in [9.17, 15) is 4.79 Å². The third-order valence-corrected chi connectivity index (χ3v) is 2.49. The Hall–Kier alpha value is -0.650. The van der Waals surface area contributed by atoms with Crippen molar-refractivity contribution in [1.29, 1.82) is 0 Å². The van der Waals surface area contributed by atoms with Crippen LogP contribution in [0.2, 0.25) is 0 Å².